The lowest BCUT2D eigenvalue weighted by molar-refractivity contribution is 0.183. The molecule has 1 unspecified atom stereocenters. The van der Waals surface area contributed by atoms with Gasteiger partial charge in [-0.2, -0.15) is 5.10 Å². The van der Waals surface area contributed by atoms with Crippen molar-refractivity contribution < 1.29 is 0 Å². The third kappa shape index (κ3) is 6.70. The van der Waals surface area contributed by atoms with Crippen molar-refractivity contribution in [1.82, 2.24) is 25.3 Å². The second-order valence-electron chi connectivity index (χ2n) is 7.95. The minimum atomic E-state index is 0. The van der Waals surface area contributed by atoms with Crippen LogP contribution in [0.5, 0.6) is 0 Å². The number of aryl methyl sites for hydroxylation is 2. The van der Waals surface area contributed by atoms with Crippen molar-refractivity contribution in [3.8, 4) is 5.69 Å². The number of halogens is 1. The first kappa shape index (κ1) is 24.7. The van der Waals surface area contributed by atoms with Crippen LogP contribution < -0.4 is 10.6 Å². The van der Waals surface area contributed by atoms with Crippen LogP contribution in [0.3, 0.4) is 0 Å². The third-order valence-corrected chi connectivity index (χ3v) is 5.59. The number of hydrogen-bond donors (Lipinski definition) is 2. The molecule has 0 amide bonds. The van der Waals surface area contributed by atoms with Crippen LogP contribution in [0.2, 0.25) is 0 Å². The van der Waals surface area contributed by atoms with E-state index in [9.17, 15) is 0 Å². The normalized spacial score (nSPS) is 17.5. The summed E-state index contributed by atoms with van der Waals surface area (Å²) in [4.78, 5) is 7.42. The highest BCUT2D eigenvalue weighted by molar-refractivity contribution is 14.0. The molecule has 1 aromatic carbocycles. The fraction of sp³-hybridized carbons (Fsp3) is 0.565. The summed E-state index contributed by atoms with van der Waals surface area (Å²) in [5.41, 5.74) is 4.44. The summed E-state index contributed by atoms with van der Waals surface area (Å²) in [6, 6.07) is 10.5. The molecule has 1 fully saturated rings. The van der Waals surface area contributed by atoms with Crippen LogP contribution in [0.15, 0.2) is 35.3 Å². The molecule has 0 saturated carbocycles. The maximum atomic E-state index is 4.87. The Kier molecular flexibility index (Phi) is 10.1. The summed E-state index contributed by atoms with van der Waals surface area (Å²) < 4.78 is 2.02. The second kappa shape index (κ2) is 12.3. The smallest absolute Gasteiger partial charge is 0.191 e. The van der Waals surface area contributed by atoms with Crippen LogP contribution in [-0.4, -0.2) is 53.4 Å². The number of guanidine groups is 1. The number of aliphatic imine (C=N–C) groups is 1. The molecular weight excluding hydrogens is 487 g/mol. The predicted molar refractivity (Wildman–Crippen MR) is 136 cm³/mol. The Hall–Kier alpha value is -1.61. The van der Waals surface area contributed by atoms with Gasteiger partial charge in [-0.15, -0.1) is 24.0 Å². The van der Waals surface area contributed by atoms with Crippen LogP contribution in [0.1, 0.15) is 43.6 Å². The largest absolute Gasteiger partial charge is 0.357 e. The maximum absolute atomic E-state index is 4.87. The molecule has 2 aromatic rings. The SMILES string of the molecule is CCNC(=NCc1ccccc1-n1nc(C)cc1C)NCC1CCCN(CC)C1.I. The first-order valence-electron chi connectivity index (χ1n) is 11.0. The molecule has 0 bridgehead atoms. The van der Waals surface area contributed by atoms with Gasteiger partial charge in [-0.05, 0) is 70.3 Å². The molecule has 30 heavy (non-hydrogen) atoms. The molecule has 1 atom stereocenters. The molecule has 7 heteroatoms. The van der Waals surface area contributed by atoms with Gasteiger partial charge in [-0.25, -0.2) is 9.67 Å². The van der Waals surface area contributed by atoms with Crippen molar-refractivity contribution in [3.63, 3.8) is 0 Å². The Balaban J connectivity index is 0.00000320. The first-order chi connectivity index (χ1) is 14.1. The third-order valence-electron chi connectivity index (χ3n) is 5.59. The predicted octanol–water partition coefficient (Wildman–Crippen LogP) is 3.89. The van der Waals surface area contributed by atoms with Crippen LogP contribution in [0.4, 0.5) is 0 Å². The van der Waals surface area contributed by atoms with E-state index in [-0.39, 0.29) is 24.0 Å². The van der Waals surface area contributed by atoms with E-state index in [1.807, 2.05) is 11.6 Å². The van der Waals surface area contributed by atoms with Gasteiger partial charge >= 0.3 is 0 Å². The molecule has 2 N–H and O–H groups in total. The molecule has 1 aliphatic heterocycles. The summed E-state index contributed by atoms with van der Waals surface area (Å²) in [6.45, 7) is 14.5. The van der Waals surface area contributed by atoms with Gasteiger partial charge in [-0.1, -0.05) is 25.1 Å². The lowest BCUT2D eigenvalue weighted by Crippen LogP contribution is -2.44. The number of para-hydroxylation sites is 1. The Morgan fingerprint density at radius 1 is 1.20 bits per heavy atom. The fourth-order valence-corrected chi connectivity index (χ4v) is 4.08. The summed E-state index contributed by atoms with van der Waals surface area (Å²) in [5, 5.41) is 11.6. The molecule has 6 nitrogen and oxygen atoms in total. The van der Waals surface area contributed by atoms with Gasteiger partial charge in [0, 0.05) is 25.3 Å². The van der Waals surface area contributed by atoms with E-state index < -0.39 is 0 Å². The number of likely N-dealkylation sites (tertiary alicyclic amines) is 1. The number of rotatable bonds is 7. The molecular formula is C23H37IN6. The van der Waals surface area contributed by atoms with Gasteiger partial charge in [0.2, 0.25) is 0 Å². The lowest BCUT2D eigenvalue weighted by atomic mass is 9.98. The van der Waals surface area contributed by atoms with E-state index in [0.29, 0.717) is 12.5 Å². The average Bonchev–Trinajstić information content (AvgIpc) is 3.08. The molecule has 1 aromatic heterocycles. The molecule has 2 heterocycles. The van der Waals surface area contributed by atoms with Crippen LogP contribution in [0, 0.1) is 19.8 Å². The number of nitrogens with one attached hydrogen (secondary N) is 2. The molecule has 0 radical (unpaired) electrons. The van der Waals surface area contributed by atoms with Gasteiger partial charge in [-0.3, -0.25) is 0 Å². The van der Waals surface area contributed by atoms with E-state index >= 15 is 0 Å². The van der Waals surface area contributed by atoms with E-state index in [2.05, 4.69) is 71.7 Å². The van der Waals surface area contributed by atoms with Crippen molar-refractivity contribution in [3.05, 3.63) is 47.3 Å². The van der Waals surface area contributed by atoms with Crippen molar-refractivity contribution in [1.29, 1.82) is 0 Å². The molecule has 3 rings (SSSR count). The number of piperidine rings is 1. The minimum Gasteiger partial charge on any atom is -0.357 e. The summed E-state index contributed by atoms with van der Waals surface area (Å²) in [5.74, 6) is 1.58. The summed E-state index contributed by atoms with van der Waals surface area (Å²) in [6.07, 6.45) is 2.59. The standard InChI is InChI=1S/C23H36N6.HI/c1-5-24-23(25-15-20-10-9-13-28(6-2)17-20)26-16-21-11-7-8-12-22(21)29-19(4)14-18(3)27-29;/h7-8,11-12,14,20H,5-6,9-10,13,15-17H2,1-4H3,(H2,24,25,26);1H. The zero-order valence-electron chi connectivity index (χ0n) is 18.8. The first-order valence-corrected chi connectivity index (χ1v) is 11.0. The van der Waals surface area contributed by atoms with E-state index in [4.69, 9.17) is 4.99 Å². The van der Waals surface area contributed by atoms with Crippen molar-refractivity contribution >= 4 is 29.9 Å². The van der Waals surface area contributed by atoms with Crippen molar-refractivity contribution in [2.75, 3.05) is 32.7 Å². The Bertz CT molecular complexity index is 816. The highest BCUT2D eigenvalue weighted by Gasteiger charge is 2.18. The van der Waals surface area contributed by atoms with Crippen molar-refractivity contribution in [2.24, 2.45) is 10.9 Å². The number of nitrogens with zero attached hydrogens (tertiary/aromatic N) is 4. The quantitative estimate of drug-likeness (QED) is 0.328. The Morgan fingerprint density at radius 2 is 2.00 bits per heavy atom. The minimum absolute atomic E-state index is 0. The lowest BCUT2D eigenvalue weighted by Gasteiger charge is -2.32. The summed E-state index contributed by atoms with van der Waals surface area (Å²) >= 11 is 0. The zero-order chi connectivity index (χ0) is 20.6. The molecule has 1 aliphatic rings. The van der Waals surface area contributed by atoms with Gasteiger partial charge < -0.3 is 15.5 Å². The zero-order valence-corrected chi connectivity index (χ0v) is 21.1. The van der Waals surface area contributed by atoms with Crippen LogP contribution >= 0.6 is 24.0 Å². The fourth-order valence-electron chi connectivity index (χ4n) is 4.08. The Morgan fingerprint density at radius 3 is 2.70 bits per heavy atom. The van der Waals surface area contributed by atoms with Gasteiger partial charge in [0.25, 0.3) is 0 Å². The van der Waals surface area contributed by atoms with Gasteiger partial charge in [0.1, 0.15) is 0 Å². The van der Waals surface area contributed by atoms with Gasteiger partial charge in [0.05, 0.1) is 17.9 Å². The number of hydrogen-bond acceptors (Lipinski definition) is 3. The molecule has 0 aliphatic carbocycles. The number of benzene rings is 1. The average molecular weight is 524 g/mol. The highest BCUT2D eigenvalue weighted by Crippen LogP contribution is 2.18. The summed E-state index contributed by atoms with van der Waals surface area (Å²) in [7, 11) is 0. The van der Waals surface area contributed by atoms with E-state index in [0.717, 1.165) is 42.7 Å². The number of aromatic nitrogens is 2. The van der Waals surface area contributed by atoms with Crippen LogP contribution in [-0.2, 0) is 6.54 Å². The van der Waals surface area contributed by atoms with E-state index in [1.54, 1.807) is 0 Å². The van der Waals surface area contributed by atoms with E-state index in [1.165, 1.54) is 31.5 Å². The van der Waals surface area contributed by atoms with Crippen LogP contribution in [0.25, 0.3) is 5.69 Å². The topological polar surface area (TPSA) is 57.5 Å². The highest BCUT2D eigenvalue weighted by atomic mass is 127. The molecule has 166 valence electrons. The monoisotopic (exact) mass is 524 g/mol. The van der Waals surface area contributed by atoms with Crippen molar-refractivity contribution in [2.45, 2.75) is 47.1 Å². The molecule has 1 saturated heterocycles. The maximum Gasteiger partial charge on any atom is 0.191 e. The van der Waals surface area contributed by atoms with Gasteiger partial charge in [0.15, 0.2) is 5.96 Å². The Labute approximate surface area is 198 Å². The second-order valence-corrected chi connectivity index (χ2v) is 7.95. The molecule has 0 spiro atoms.